The van der Waals surface area contributed by atoms with Crippen LogP contribution in [0.15, 0.2) is 60.8 Å². The molecule has 0 amide bonds. The average molecular weight is 448 g/mol. The third-order valence-electron chi connectivity index (χ3n) is 5.45. The van der Waals surface area contributed by atoms with Crippen molar-refractivity contribution < 1.29 is 18.9 Å². The van der Waals surface area contributed by atoms with Crippen molar-refractivity contribution in [2.45, 2.75) is 51.8 Å². The van der Waals surface area contributed by atoms with Gasteiger partial charge in [0.15, 0.2) is 11.6 Å². The second-order valence-corrected chi connectivity index (χ2v) is 8.75. The summed E-state index contributed by atoms with van der Waals surface area (Å²) in [6.07, 6.45) is 2.52. The van der Waals surface area contributed by atoms with Crippen LogP contribution in [-0.2, 0) is 25.4 Å². The first kappa shape index (κ1) is 24.9. The van der Waals surface area contributed by atoms with Gasteiger partial charge in [0.05, 0.1) is 12.3 Å². The predicted octanol–water partition coefficient (Wildman–Crippen LogP) is 5.34. The summed E-state index contributed by atoms with van der Waals surface area (Å²) in [5, 5.41) is 2.43. The summed E-state index contributed by atoms with van der Waals surface area (Å²) in [5.74, 6) is 5.36. The van der Waals surface area contributed by atoms with Crippen LogP contribution in [0.3, 0.4) is 0 Å². The van der Waals surface area contributed by atoms with Gasteiger partial charge in [-0.3, -0.25) is 4.98 Å². The van der Waals surface area contributed by atoms with Crippen molar-refractivity contribution in [1.82, 2.24) is 4.98 Å². The van der Waals surface area contributed by atoms with Gasteiger partial charge >= 0.3 is 0 Å². The zero-order valence-corrected chi connectivity index (χ0v) is 20.3. The van der Waals surface area contributed by atoms with Gasteiger partial charge in [-0.1, -0.05) is 48.2 Å². The highest BCUT2D eigenvalue weighted by atomic mass is 16.7. The molecular formula is C28H33NO4. The number of benzene rings is 2. The molecule has 174 valence electrons. The SMILES string of the molecule is CC1(C)OCC(C#Cc2ccc(Cc3nccc4ccccc34)cc2)O1.COC(C)(C)OC. The highest BCUT2D eigenvalue weighted by Crippen LogP contribution is 2.22. The van der Waals surface area contributed by atoms with E-state index in [1.54, 1.807) is 14.2 Å². The van der Waals surface area contributed by atoms with Crippen molar-refractivity contribution in [3.05, 3.63) is 77.6 Å². The van der Waals surface area contributed by atoms with Crippen LogP contribution in [0.4, 0.5) is 0 Å². The summed E-state index contributed by atoms with van der Waals surface area (Å²) < 4.78 is 21.0. The lowest BCUT2D eigenvalue weighted by molar-refractivity contribution is -0.178. The van der Waals surface area contributed by atoms with Gasteiger partial charge in [-0.15, -0.1) is 0 Å². The lowest BCUT2D eigenvalue weighted by Crippen LogP contribution is -2.24. The normalized spacial score (nSPS) is 17.1. The van der Waals surface area contributed by atoms with E-state index in [0.717, 1.165) is 17.7 Å². The Labute approximate surface area is 197 Å². The van der Waals surface area contributed by atoms with Gasteiger partial charge in [0.25, 0.3) is 0 Å². The average Bonchev–Trinajstić information content (AvgIpc) is 3.18. The fraction of sp³-hybridized carbons (Fsp3) is 0.393. The molecule has 0 aliphatic carbocycles. The molecule has 5 heteroatoms. The van der Waals surface area contributed by atoms with Crippen LogP contribution in [0.25, 0.3) is 10.8 Å². The molecular weight excluding hydrogens is 414 g/mol. The quantitative estimate of drug-likeness (QED) is 0.399. The Morgan fingerprint density at radius 3 is 2.33 bits per heavy atom. The van der Waals surface area contributed by atoms with E-state index in [1.807, 2.05) is 40.0 Å². The summed E-state index contributed by atoms with van der Waals surface area (Å²) >= 11 is 0. The van der Waals surface area contributed by atoms with Gasteiger partial charge in [0.1, 0.15) is 6.10 Å². The second-order valence-electron chi connectivity index (χ2n) is 8.75. The molecule has 4 rings (SSSR count). The first-order valence-corrected chi connectivity index (χ1v) is 11.1. The van der Waals surface area contributed by atoms with Crippen molar-refractivity contribution in [3.8, 4) is 11.8 Å². The number of pyridine rings is 1. The van der Waals surface area contributed by atoms with E-state index < -0.39 is 11.6 Å². The monoisotopic (exact) mass is 447 g/mol. The van der Waals surface area contributed by atoms with Gasteiger partial charge in [-0.2, -0.15) is 0 Å². The van der Waals surface area contributed by atoms with Crippen molar-refractivity contribution in [2.75, 3.05) is 20.8 Å². The molecule has 1 aliphatic heterocycles. The Balaban J connectivity index is 0.000000383. The van der Waals surface area contributed by atoms with Crippen LogP contribution in [0.2, 0.25) is 0 Å². The second kappa shape index (κ2) is 10.9. The number of ether oxygens (including phenoxy) is 4. The Kier molecular flexibility index (Phi) is 8.23. The molecule has 2 heterocycles. The van der Waals surface area contributed by atoms with E-state index in [1.165, 1.54) is 16.3 Å². The van der Waals surface area contributed by atoms with E-state index in [2.05, 4.69) is 65.4 Å². The highest BCUT2D eigenvalue weighted by Gasteiger charge is 2.31. The maximum atomic E-state index is 5.71. The molecule has 1 unspecified atom stereocenters. The molecule has 5 nitrogen and oxygen atoms in total. The molecule has 0 spiro atoms. The van der Waals surface area contributed by atoms with Gasteiger partial charge in [0.2, 0.25) is 0 Å². The molecule has 1 fully saturated rings. The molecule has 33 heavy (non-hydrogen) atoms. The van der Waals surface area contributed by atoms with Crippen LogP contribution in [0, 0.1) is 11.8 Å². The molecule has 1 saturated heterocycles. The molecule has 0 bridgehead atoms. The molecule has 1 aliphatic rings. The van der Waals surface area contributed by atoms with E-state index in [4.69, 9.17) is 18.9 Å². The molecule has 0 N–H and O–H groups in total. The molecule has 2 aromatic carbocycles. The summed E-state index contributed by atoms with van der Waals surface area (Å²) in [7, 11) is 3.23. The summed E-state index contributed by atoms with van der Waals surface area (Å²) in [6.45, 7) is 8.04. The minimum absolute atomic E-state index is 0.162. The largest absolute Gasteiger partial charge is 0.354 e. The standard InChI is InChI=1S/C23H21NO2.C5H12O2/c1-23(2)25-16-20(26-23)12-11-17-7-9-18(10-8-17)15-22-21-6-4-3-5-19(21)13-14-24-22;1-5(2,6-3)7-4/h3-10,13-14,20H,15-16H2,1-2H3;1-4H3. The fourth-order valence-electron chi connectivity index (χ4n) is 3.23. The highest BCUT2D eigenvalue weighted by molar-refractivity contribution is 5.84. The lowest BCUT2D eigenvalue weighted by Gasteiger charge is -2.19. The smallest absolute Gasteiger partial charge is 0.164 e. The molecule has 1 atom stereocenters. The van der Waals surface area contributed by atoms with Gasteiger partial charge in [-0.25, -0.2) is 0 Å². The number of hydrogen-bond acceptors (Lipinski definition) is 5. The maximum Gasteiger partial charge on any atom is 0.164 e. The lowest BCUT2D eigenvalue weighted by atomic mass is 10.0. The van der Waals surface area contributed by atoms with Crippen LogP contribution in [0.5, 0.6) is 0 Å². The van der Waals surface area contributed by atoms with Crippen LogP contribution < -0.4 is 0 Å². The Bertz CT molecular complexity index is 1100. The molecule has 3 aromatic rings. The summed E-state index contributed by atoms with van der Waals surface area (Å²) in [5.41, 5.74) is 3.30. The van der Waals surface area contributed by atoms with Crippen LogP contribution >= 0.6 is 0 Å². The minimum Gasteiger partial charge on any atom is -0.354 e. The van der Waals surface area contributed by atoms with E-state index in [9.17, 15) is 0 Å². The zero-order chi connectivity index (χ0) is 23.9. The van der Waals surface area contributed by atoms with Gasteiger partial charge in [0, 0.05) is 37.8 Å². The fourth-order valence-corrected chi connectivity index (χ4v) is 3.23. The van der Waals surface area contributed by atoms with Crippen molar-refractivity contribution in [2.24, 2.45) is 0 Å². The number of aromatic nitrogens is 1. The van der Waals surface area contributed by atoms with Gasteiger partial charge in [-0.05, 0) is 56.8 Å². The maximum absolute atomic E-state index is 5.71. The predicted molar refractivity (Wildman–Crippen MR) is 131 cm³/mol. The zero-order valence-electron chi connectivity index (χ0n) is 20.3. The summed E-state index contributed by atoms with van der Waals surface area (Å²) in [4.78, 5) is 4.57. The molecule has 0 saturated carbocycles. The Morgan fingerprint density at radius 1 is 1.03 bits per heavy atom. The van der Waals surface area contributed by atoms with E-state index in [-0.39, 0.29) is 6.10 Å². The minimum atomic E-state index is -0.533. The number of nitrogens with zero attached hydrogens (tertiary/aromatic N) is 1. The topological polar surface area (TPSA) is 49.8 Å². The van der Waals surface area contributed by atoms with E-state index in [0.29, 0.717) is 6.61 Å². The summed E-state index contributed by atoms with van der Waals surface area (Å²) in [6, 6.07) is 18.7. The van der Waals surface area contributed by atoms with Crippen LogP contribution in [0.1, 0.15) is 44.5 Å². The molecule has 0 radical (unpaired) electrons. The molecule has 1 aromatic heterocycles. The number of hydrogen-bond donors (Lipinski definition) is 0. The first-order chi connectivity index (χ1) is 15.7. The van der Waals surface area contributed by atoms with Crippen molar-refractivity contribution in [1.29, 1.82) is 0 Å². The van der Waals surface area contributed by atoms with Crippen molar-refractivity contribution >= 4 is 10.8 Å². The Hall–Kier alpha value is -2.75. The Morgan fingerprint density at radius 2 is 1.73 bits per heavy atom. The van der Waals surface area contributed by atoms with Crippen molar-refractivity contribution in [3.63, 3.8) is 0 Å². The number of methoxy groups -OCH3 is 2. The van der Waals surface area contributed by atoms with E-state index >= 15 is 0 Å². The first-order valence-electron chi connectivity index (χ1n) is 11.1. The van der Waals surface area contributed by atoms with Gasteiger partial charge < -0.3 is 18.9 Å². The number of fused-ring (bicyclic) bond motifs is 1. The number of rotatable bonds is 4. The third-order valence-corrected chi connectivity index (χ3v) is 5.45. The third kappa shape index (κ3) is 7.38. The van der Waals surface area contributed by atoms with Crippen LogP contribution in [-0.4, -0.2) is 43.5 Å².